The fraction of sp³-hybridized carbons (Fsp3) is 0.179. The van der Waals surface area contributed by atoms with E-state index in [0.29, 0.717) is 35.2 Å². The molecular weight excluding hydrogens is 467 g/mol. The number of nitrogens with one attached hydrogen (secondary N) is 3. The Labute approximate surface area is 213 Å². The SMILES string of the molecule is CC(C)Nc1cncc(-c2cc3c(cn2)CCNN=C3c2nc3c(-c4cccc(F)c4)cncc3[nH]2)c1. The molecule has 0 fully saturated rings. The summed E-state index contributed by atoms with van der Waals surface area (Å²) in [7, 11) is 0. The van der Waals surface area contributed by atoms with Crippen LogP contribution in [-0.4, -0.2) is 43.2 Å². The molecule has 0 radical (unpaired) electrons. The predicted molar refractivity (Wildman–Crippen MR) is 143 cm³/mol. The molecule has 4 aromatic heterocycles. The number of fused-ring (bicyclic) bond motifs is 2. The second kappa shape index (κ2) is 9.42. The van der Waals surface area contributed by atoms with Gasteiger partial charge in [0.25, 0.3) is 0 Å². The molecule has 1 aliphatic heterocycles. The summed E-state index contributed by atoms with van der Waals surface area (Å²) in [6, 6.07) is 10.8. The van der Waals surface area contributed by atoms with Gasteiger partial charge in [-0.1, -0.05) is 12.1 Å². The minimum Gasteiger partial charge on any atom is -0.382 e. The van der Waals surface area contributed by atoms with Gasteiger partial charge in [-0.05, 0) is 55.7 Å². The van der Waals surface area contributed by atoms with Crippen LogP contribution >= 0.6 is 0 Å². The van der Waals surface area contributed by atoms with E-state index in [1.54, 1.807) is 18.5 Å². The molecule has 3 N–H and O–H groups in total. The first-order chi connectivity index (χ1) is 18.0. The van der Waals surface area contributed by atoms with Crippen molar-refractivity contribution in [1.82, 2.24) is 30.3 Å². The molecule has 0 amide bonds. The normalized spacial score (nSPS) is 13.1. The number of halogens is 1. The Morgan fingerprint density at radius 2 is 1.84 bits per heavy atom. The third-order valence-electron chi connectivity index (χ3n) is 6.18. The van der Waals surface area contributed by atoms with Gasteiger partial charge in [0.15, 0.2) is 5.82 Å². The number of H-pyrrole nitrogens is 1. The summed E-state index contributed by atoms with van der Waals surface area (Å²) in [5, 5.41) is 8.07. The average Bonchev–Trinajstić information content (AvgIpc) is 3.21. The van der Waals surface area contributed by atoms with Crippen LogP contribution in [0.3, 0.4) is 0 Å². The first kappa shape index (κ1) is 22.8. The molecule has 5 heterocycles. The molecule has 9 heteroatoms. The van der Waals surface area contributed by atoms with Crippen LogP contribution in [-0.2, 0) is 6.42 Å². The highest BCUT2D eigenvalue weighted by Gasteiger charge is 2.21. The quantitative estimate of drug-likeness (QED) is 0.321. The lowest BCUT2D eigenvalue weighted by atomic mass is 10.00. The van der Waals surface area contributed by atoms with Gasteiger partial charge >= 0.3 is 0 Å². The second-order valence-electron chi connectivity index (χ2n) is 9.29. The maximum Gasteiger partial charge on any atom is 0.159 e. The molecule has 5 aromatic rings. The second-order valence-corrected chi connectivity index (χ2v) is 9.29. The lowest BCUT2D eigenvalue weighted by Crippen LogP contribution is -2.11. The van der Waals surface area contributed by atoms with Crippen LogP contribution < -0.4 is 10.7 Å². The van der Waals surface area contributed by atoms with Crippen molar-refractivity contribution in [2.45, 2.75) is 26.3 Å². The highest BCUT2D eigenvalue weighted by molar-refractivity contribution is 6.13. The fourth-order valence-electron chi connectivity index (χ4n) is 4.53. The third-order valence-corrected chi connectivity index (χ3v) is 6.18. The van der Waals surface area contributed by atoms with Crippen LogP contribution in [0, 0.1) is 5.82 Å². The van der Waals surface area contributed by atoms with Gasteiger partial charge in [-0.15, -0.1) is 0 Å². The Balaban J connectivity index is 1.44. The molecule has 0 aliphatic carbocycles. The molecule has 8 nitrogen and oxygen atoms in total. The predicted octanol–water partition coefficient (Wildman–Crippen LogP) is 4.94. The number of anilines is 1. The van der Waals surface area contributed by atoms with Crippen molar-refractivity contribution in [3.05, 3.63) is 90.2 Å². The Hall–Kier alpha value is -4.66. The molecule has 0 saturated carbocycles. The van der Waals surface area contributed by atoms with Crippen molar-refractivity contribution in [3.8, 4) is 22.4 Å². The van der Waals surface area contributed by atoms with E-state index in [1.807, 2.05) is 36.8 Å². The minimum atomic E-state index is -0.307. The summed E-state index contributed by atoms with van der Waals surface area (Å²) in [5.74, 6) is 0.292. The Kier molecular flexibility index (Phi) is 5.80. The van der Waals surface area contributed by atoms with Crippen molar-refractivity contribution in [3.63, 3.8) is 0 Å². The van der Waals surface area contributed by atoms with Crippen molar-refractivity contribution in [2.24, 2.45) is 5.10 Å². The largest absolute Gasteiger partial charge is 0.382 e. The zero-order valence-electron chi connectivity index (χ0n) is 20.5. The van der Waals surface area contributed by atoms with Crippen molar-refractivity contribution >= 4 is 22.4 Å². The number of rotatable bonds is 5. The zero-order valence-corrected chi connectivity index (χ0v) is 20.5. The maximum absolute atomic E-state index is 13.9. The van der Waals surface area contributed by atoms with Gasteiger partial charge in [-0.2, -0.15) is 5.10 Å². The molecule has 0 unspecified atom stereocenters. The first-order valence-electron chi connectivity index (χ1n) is 12.2. The summed E-state index contributed by atoms with van der Waals surface area (Å²) in [5.41, 5.74) is 11.4. The molecule has 6 rings (SSSR count). The van der Waals surface area contributed by atoms with E-state index >= 15 is 0 Å². The van der Waals surface area contributed by atoms with Gasteiger partial charge in [-0.3, -0.25) is 15.0 Å². The first-order valence-corrected chi connectivity index (χ1v) is 12.2. The zero-order chi connectivity index (χ0) is 25.4. The number of hydrogen-bond acceptors (Lipinski definition) is 7. The molecular formula is C28H25FN8. The number of aromatic nitrogens is 5. The number of nitrogens with zero attached hydrogens (tertiary/aromatic N) is 5. The standard InChI is InChI=1S/C28H25FN8/c1-16(2)34-21-9-19(11-30-13-21)24-10-22-18(12-32-24)6-7-33-37-27(22)28-35-25-15-31-14-23(26(25)36-28)17-4-3-5-20(29)8-17/h3-5,8-16,33-34H,6-7H2,1-2H3,(H,35,36). The van der Waals surface area contributed by atoms with Crippen LogP contribution in [0.15, 0.2) is 72.5 Å². The molecule has 0 bridgehead atoms. The molecule has 0 saturated heterocycles. The topological polar surface area (TPSA) is 104 Å². The lowest BCUT2D eigenvalue weighted by Gasteiger charge is -2.12. The van der Waals surface area contributed by atoms with Crippen LogP contribution in [0.2, 0.25) is 0 Å². The van der Waals surface area contributed by atoms with E-state index in [1.165, 1.54) is 12.1 Å². The monoisotopic (exact) mass is 492 g/mol. The summed E-state index contributed by atoms with van der Waals surface area (Å²) in [6.07, 6.45) is 9.72. The van der Waals surface area contributed by atoms with Crippen molar-refractivity contribution in [2.75, 3.05) is 11.9 Å². The number of aromatic amines is 1. The Bertz CT molecular complexity index is 1640. The van der Waals surface area contributed by atoms with Gasteiger partial charge in [0.05, 0.1) is 28.6 Å². The van der Waals surface area contributed by atoms with E-state index in [0.717, 1.165) is 45.6 Å². The number of pyridine rings is 3. The fourth-order valence-corrected chi connectivity index (χ4v) is 4.53. The number of imidazole rings is 1. The smallest absolute Gasteiger partial charge is 0.159 e. The summed E-state index contributed by atoms with van der Waals surface area (Å²) >= 11 is 0. The van der Waals surface area contributed by atoms with E-state index < -0.39 is 0 Å². The summed E-state index contributed by atoms with van der Waals surface area (Å²) in [6.45, 7) is 4.86. The van der Waals surface area contributed by atoms with E-state index in [4.69, 9.17) is 9.97 Å². The van der Waals surface area contributed by atoms with Gasteiger partial charge in [0.2, 0.25) is 0 Å². The molecule has 1 aliphatic rings. The highest BCUT2D eigenvalue weighted by Crippen LogP contribution is 2.29. The van der Waals surface area contributed by atoms with Crippen molar-refractivity contribution in [1.29, 1.82) is 0 Å². The molecule has 0 atom stereocenters. The van der Waals surface area contributed by atoms with Crippen LogP contribution in [0.1, 0.15) is 30.8 Å². The van der Waals surface area contributed by atoms with Crippen LogP contribution in [0.5, 0.6) is 0 Å². The highest BCUT2D eigenvalue weighted by atomic mass is 19.1. The number of benzene rings is 1. The minimum absolute atomic E-state index is 0.293. The molecule has 184 valence electrons. The van der Waals surface area contributed by atoms with Gasteiger partial charge in [-0.25, -0.2) is 9.37 Å². The molecule has 0 spiro atoms. The van der Waals surface area contributed by atoms with Gasteiger partial charge in [0.1, 0.15) is 11.5 Å². The molecule has 37 heavy (non-hydrogen) atoms. The summed E-state index contributed by atoms with van der Waals surface area (Å²) < 4.78 is 13.9. The third kappa shape index (κ3) is 4.51. The Morgan fingerprint density at radius 1 is 0.946 bits per heavy atom. The summed E-state index contributed by atoms with van der Waals surface area (Å²) in [4.78, 5) is 21.7. The lowest BCUT2D eigenvalue weighted by molar-refractivity contribution is 0.628. The van der Waals surface area contributed by atoms with E-state index in [-0.39, 0.29) is 5.82 Å². The van der Waals surface area contributed by atoms with Gasteiger partial charge in [0, 0.05) is 54.1 Å². The van der Waals surface area contributed by atoms with Crippen LogP contribution in [0.25, 0.3) is 33.4 Å². The van der Waals surface area contributed by atoms with E-state index in [9.17, 15) is 4.39 Å². The number of hydrogen-bond donors (Lipinski definition) is 3. The van der Waals surface area contributed by atoms with Crippen LogP contribution in [0.4, 0.5) is 10.1 Å². The average molecular weight is 493 g/mol. The van der Waals surface area contributed by atoms with Crippen molar-refractivity contribution < 1.29 is 4.39 Å². The molecule has 1 aromatic carbocycles. The number of hydrazone groups is 1. The maximum atomic E-state index is 13.9. The van der Waals surface area contributed by atoms with Gasteiger partial charge < -0.3 is 15.7 Å². The van der Waals surface area contributed by atoms with E-state index in [2.05, 4.69) is 44.6 Å². The Morgan fingerprint density at radius 3 is 2.70 bits per heavy atom.